The van der Waals surface area contributed by atoms with Crippen molar-refractivity contribution in [2.45, 2.75) is 19.9 Å². The number of esters is 1. The van der Waals surface area contributed by atoms with Gasteiger partial charge in [0.15, 0.2) is 0 Å². The van der Waals surface area contributed by atoms with Crippen LogP contribution >= 0.6 is 11.3 Å². The minimum absolute atomic E-state index is 0.206. The van der Waals surface area contributed by atoms with Crippen LogP contribution in [0.15, 0.2) is 28.6 Å². The molecule has 1 unspecified atom stereocenters. The third-order valence-electron chi connectivity index (χ3n) is 2.02. The molecule has 0 aliphatic rings. The van der Waals surface area contributed by atoms with E-state index in [-0.39, 0.29) is 12.0 Å². The van der Waals surface area contributed by atoms with Gasteiger partial charge >= 0.3 is 5.97 Å². The molecule has 82 valence electrons. The zero-order chi connectivity index (χ0) is 11.3. The normalized spacial score (nSPS) is 13.4. The van der Waals surface area contributed by atoms with E-state index in [1.165, 1.54) is 18.7 Å². The third kappa shape index (κ3) is 3.75. The van der Waals surface area contributed by atoms with Crippen molar-refractivity contribution in [2.24, 2.45) is 0 Å². The molecular weight excluding hydrogens is 210 g/mol. The number of hydrogen-bond donors (Lipinski definition) is 1. The Balaban J connectivity index is 2.55. The smallest absolute Gasteiger partial charge is 0.332 e. The van der Waals surface area contributed by atoms with Crippen molar-refractivity contribution in [1.82, 2.24) is 5.32 Å². The number of carbonyl (C=O) groups excluding carboxylic acids is 1. The fraction of sp³-hybridized carbons (Fsp3) is 0.364. The lowest BCUT2D eigenvalue weighted by Gasteiger charge is -2.13. The first-order valence-corrected chi connectivity index (χ1v) is 5.62. The van der Waals surface area contributed by atoms with Crippen molar-refractivity contribution in [3.05, 3.63) is 34.2 Å². The molecule has 0 saturated carbocycles. The summed E-state index contributed by atoms with van der Waals surface area (Å²) in [7, 11) is 1.37. The summed E-state index contributed by atoms with van der Waals surface area (Å²) < 4.78 is 4.54. The van der Waals surface area contributed by atoms with Crippen molar-refractivity contribution in [2.75, 3.05) is 7.11 Å². The van der Waals surface area contributed by atoms with Crippen LogP contribution in [0.2, 0.25) is 0 Å². The van der Waals surface area contributed by atoms with Crippen molar-refractivity contribution in [3.8, 4) is 0 Å². The zero-order valence-electron chi connectivity index (χ0n) is 9.11. The van der Waals surface area contributed by atoms with E-state index < -0.39 is 0 Å². The topological polar surface area (TPSA) is 38.3 Å². The summed E-state index contributed by atoms with van der Waals surface area (Å²) in [6.45, 7) is 3.90. The maximum absolute atomic E-state index is 11.0. The lowest BCUT2D eigenvalue weighted by molar-refractivity contribution is -0.134. The van der Waals surface area contributed by atoms with Gasteiger partial charge in [-0.3, -0.25) is 0 Å². The highest BCUT2D eigenvalue weighted by Gasteiger charge is 2.05. The van der Waals surface area contributed by atoms with Gasteiger partial charge in [-0.1, -0.05) is 0 Å². The van der Waals surface area contributed by atoms with E-state index in [0.29, 0.717) is 0 Å². The van der Waals surface area contributed by atoms with Crippen LogP contribution < -0.4 is 5.32 Å². The molecule has 0 aliphatic heterocycles. The summed E-state index contributed by atoms with van der Waals surface area (Å²) in [5.74, 6) is -0.336. The molecule has 3 nitrogen and oxygen atoms in total. The second-order valence-corrected chi connectivity index (χ2v) is 4.05. The van der Waals surface area contributed by atoms with Crippen LogP contribution in [0.5, 0.6) is 0 Å². The molecule has 0 amide bonds. The fourth-order valence-electron chi connectivity index (χ4n) is 1.22. The molecule has 0 spiro atoms. The SMILES string of the molecule is COC(=O)/C=C(/C)NC(C)c1ccsc1. The van der Waals surface area contributed by atoms with E-state index in [1.807, 2.05) is 12.3 Å². The van der Waals surface area contributed by atoms with Gasteiger partial charge in [0, 0.05) is 17.8 Å². The highest BCUT2D eigenvalue weighted by atomic mass is 32.1. The van der Waals surface area contributed by atoms with E-state index in [2.05, 4.69) is 28.4 Å². The van der Waals surface area contributed by atoms with E-state index in [1.54, 1.807) is 11.3 Å². The largest absolute Gasteiger partial charge is 0.466 e. The Hall–Kier alpha value is -1.29. The van der Waals surface area contributed by atoms with Gasteiger partial charge in [0.1, 0.15) is 0 Å². The molecule has 0 aromatic carbocycles. The molecule has 0 bridgehead atoms. The molecule has 0 radical (unpaired) electrons. The van der Waals surface area contributed by atoms with E-state index in [4.69, 9.17) is 0 Å². The predicted molar refractivity (Wildman–Crippen MR) is 61.6 cm³/mol. The second-order valence-electron chi connectivity index (χ2n) is 3.27. The Morgan fingerprint density at radius 3 is 2.93 bits per heavy atom. The highest BCUT2D eigenvalue weighted by molar-refractivity contribution is 7.07. The highest BCUT2D eigenvalue weighted by Crippen LogP contribution is 2.16. The number of ether oxygens (including phenoxy) is 1. The van der Waals surface area contributed by atoms with Gasteiger partial charge in [-0.25, -0.2) is 4.79 Å². The van der Waals surface area contributed by atoms with Gasteiger partial charge in [0.25, 0.3) is 0 Å². The van der Waals surface area contributed by atoms with Gasteiger partial charge in [-0.2, -0.15) is 11.3 Å². The second kappa shape index (κ2) is 5.56. The van der Waals surface area contributed by atoms with E-state index in [0.717, 1.165) is 5.70 Å². The Labute approximate surface area is 93.8 Å². The predicted octanol–water partition coefficient (Wildman–Crippen LogP) is 2.48. The molecule has 1 aromatic rings. The van der Waals surface area contributed by atoms with Crippen molar-refractivity contribution in [3.63, 3.8) is 0 Å². The van der Waals surface area contributed by atoms with Crippen LogP contribution in [0.3, 0.4) is 0 Å². The first-order valence-electron chi connectivity index (χ1n) is 4.68. The number of hydrogen-bond acceptors (Lipinski definition) is 4. The molecule has 0 fully saturated rings. The summed E-state index contributed by atoms with van der Waals surface area (Å²) in [6.07, 6.45) is 1.45. The monoisotopic (exact) mass is 225 g/mol. The van der Waals surface area contributed by atoms with Crippen LogP contribution in [-0.4, -0.2) is 13.1 Å². The molecule has 1 rings (SSSR count). The summed E-state index contributed by atoms with van der Waals surface area (Å²) in [5.41, 5.74) is 2.03. The maximum Gasteiger partial charge on any atom is 0.332 e. The lowest BCUT2D eigenvalue weighted by atomic mass is 10.2. The summed E-state index contributed by atoms with van der Waals surface area (Å²) in [4.78, 5) is 11.0. The zero-order valence-corrected chi connectivity index (χ0v) is 9.93. The average Bonchev–Trinajstić information content (AvgIpc) is 2.70. The van der Waals surface area contributed by atoms with Crippen LogP contribution in [0.1, 0.15) is 25.5 Å². The molecule has 1 aromatic heterocycles. The molecule has 15 heavy (non-hydrogen) atoms. The molecule has 1 heterocycles. The Kier molecular flexibility index (Phi) is 4.37. The van der Waals surface area contributed by atoms with Gasteiger partial charge in [-0.05, 0) is 36.2 Å². The van der Waals surface area contributed by atoms with E-state index in [9.17, 15) is 4.79 Å². The van der Waals surface area contributed by atoms with E-state index >= 15 is 0 Å². The van der Waals surface area contributed by atoms with Crippen LogP contribution in [-0.2, 0) is 9.53 Å². The average molecular weight is 225 g/mol. The first kappa shape index (κ1) is 11.8. The summed E-state index contributed by atoms with van der Waals surface area (Å²) in [5, 5.41) is 7.34. The first-order chi connectivity index (χ1) is 7.13. The molecule has 1 atom stereocenters. The van der Waals surface area contributed by atoms with Crippen LogP contribution in [0.25, 0.3) is 0 Å². The fourth-order valence-corrected chi connectivity index (χ4v) is 1.98. The molecule has 1 N–H and O–H groups in total. The Morgan fingerprint density at radius 1 is 1.67 bits per heavy atom. The third-order valence-corrected chi connectivity index (χ3v) is 2.72. The number of nitrogens with one attached hydrogen (secondary N) is 1. The molecule has 0 saturated heterocycles. The van der Waals surface area contributed by atoms with Crippen LogP contribution in [0, 0.1) is 0 Å². The number of thiophene rings is 1. The number of carbonyl (C=O) groups is 1. The summed E-state index contributed by atoms with van der Waals surface area (Å²) in [6, 6.07) is 2.27. The van der Waals surface area contributed by atoms with Crippen molar-refractivity contribution < 1.29 is 9.53 Å². The number of methoxy groups -OCH3 is 1. The Morgan fingerprint density at radius 2 is 2.40 bits per heavy atom. The molecule has 0 aliphatic carbocycles. The quantitative estimate of drug-likeness (QED) is 0.632. The summed E-state index contributed by atoms with van der Waals surface area (Å²) >= 11 is 1.66. The van der Waals surface area contributed by atoms with Crippen molar-refractivity contribution >= 4 is 17.3 Å². The standard InChI is InChI=1S/C11H15NO2S/c1-8(6-11(13)14-3)12-9(2)10-4-5-15-7-10/h4-7,9,12H,1-3H3/b8-6-. The van der Waals surface area contributed by atoms with Gasteiger partial charge < -0.3 is 10.1 Å². The maximum atomic E-state index is 11.0. The molecule has 4 heteroatoms. The number of rotatable bonds is 4. The van der Waals surface area contributed by atoms with Crippen molar-refractivity contribution in [1.29, 1.82) is 0 Å². The van der Waals surface area contributed by atoms with Gasteiger partial charge in [0.2, 0.25) is 0 Å². The van der Waals surface area contributed by atoms with Gasteiger partial charge in [-0.15, -0.1) is 0 Å². The van der Waals surface area contributed by atoms with Gasteiger partial charge in [0.05, 0.1) is 7.11 Å². The minimum Gasteiger partial charge on any atom is -0.466 e. The minimum atomic E-state index is -0.336. The molecular formula is C11H15NO2S. The Bertz CT molecular complexity index is 343. The number of allylic oxidation sites excluding steroid dienone is 1. The van der Waals surface area contributed by atoms with Crippen LogP contribution in [0.4, 0.5) is 0 Å². The lowest BCUT2D eigenvalue weighted by Crippen LogP contribution is -2.17.